The lowest BCUT2D eigenvalue weighted by Crippen LogP contribution is -2.26. The molecule has 0 N–H and O–H groups in total. The zero-order valence-corrected chi connectivity index (χ0v) is 12.6. The van der Waals surface area contributed by atoms with E-state index in [1.54, 1.807) is 13.8 Å². The van der Waals surface area contributed by atoms with Gasteiger partial charge in [0.2, 0.25) is 0 Å². The Labute approximate surface area is 124 Å². The van der Waals surface area contributed by atoms with Gasteiger partial charge >= 0.3 is 11.9 Å². The van der Waals surface area contributed by atoms with Crippen molar-refractivity contribution in [2.24, 2.45) is 5.92 Å². The summed E-state index contributed by atoms with van der Waals surface area (Å²) in [6.45, 7) is 11.8. The van der Waals surface area contributed by atoms with E-state index in [1.807, 2.05) is 0 Å². The molecule has 21 heavy (non-hydrogen) atoms. The predicted octanol–water partition coefficient (Wildman–Crippen LogP) is 1.26. The smallest absolute Gasteiger partial charge is 0.333 e. The van der Waals surface area contributed by atoms with Gasteiger partial charge in [-0.2, -0.15) is 0 Å². The van der Waals surface area contributed by atoms with E-state index in [9.17, 15) is 9.59 Å². The van der Waals surface area contributed by atoms with Gasteiger partial charge in [-0.15, -0.1) is 0 Å². The number of esters is 2. The van der Waals surface area contributed by atoms with Gasteiger partial charge in [0.15, 0.2) is 0 Å². The Bertz CT molecular complexity index is 380. The van der Waals surface area contributed by atoms with Crippen LogP contribution in [0.15, 0.2) is 24.3 Å². The summed E-state index contributed by atoms with van der Waals surface area (Å²) in [5.74, 6) is -1.19. The minimum Gasteiger partial charge on any atom is -0.462 e. The van der Waals surface area contributed by atoms with E-state index in [2.05, 4.69) is 13.2 Å². The van der Waals surface area contributed by atoms with Crippen LogP contribution >= 0.6 is 0 Å². The first-order valence-electron chi connectivity index (χ1n) is 6.74. The van der Waals surface area contributed by atoms with Crippen molar-refractivity contribution < 1.29 is 28.5 Å². The van der Waals surface area contributed by atoms with E-state index in [-0.39, 0.29) is 25.2 Å². The normalized spacial score (nSPS) is 16.4. The first kappa shape index (κ1) is 17.4. The topological polar surface area (TPSA) is 74.4 Å². The van der Waals surface area contributed by atoms with Crippen LogP contribution in [0.1, 0.15) is 13.8 Å². The number of epoxide rings is 1. The maximum absolute atomic E-state index is 11.4. The molecule has 6 heteroatoms. The Morgan fingerprint density at radius 3 is 1.95 bits per heavy atom. The molecule has 1 fully saturated rings. The van der Waals surface area contributed by atoms with Crippen LogP contribution in [0.4, 0.5) is 0 Å². The number of carbonyl (C=O) groups excluding carboxylic acids is 2. The van der Waals surface area contributed by atoms with Crippen molar-refractivity contribution in [3.63, 3.8) is 0 Å². The fraction of sp³-hybridized carbons (Fsp3) is 0.600. The molecule has 0 radical (unpaired) electrons. The summed E-state index contributed by atoms with van der Waals surface area (Å²) < 4.78 is 20.6. The molecule has 0 saturated carbocycles. The number of rotatable bonds is 10. The van der Waals surface area contributed by atoms with E-state index < -0.39 is 11.9 Å². The zero-order chi connectivity index (χ0) is 15.8. The molecule has 6 nitrogen and oxygen atoms in total. The molecular weight excluding hydrogens is 276 g/mol. The van der Waals surface area contributed by atoms with Crippen molar-refractivity contribution in [3.05, 3.63) is 24.3 Å². The molecule has 0 aliphatic carbocycles. The van der Waals surface area contributed by atoms with Gasteiger partial charge in [-0.1, -0.05) is 13.2 Å². The summed E-state index contributed by atoms with van der Waals surface area (Å²) in [6, 6.07) is 0. The standard InChI is InChI=1S/C15H22O6/c1-10(2)14(16)20-6-12(5-18-8-13-9-19-13)7-21-15(17)11(3)4/h12-13H,1,3,5-9H2,2,4H3. The second-order valence-electron chi connectivity index (χ2n) is 5.12. The molecule has 0 spiro atoms. The predicted molar refractivity (Wildman–Crippen MR) is 75.6 cm³/mol. The number of carbonyl (C=O) groups is 2. The maximum Gasteiger partial charge on any atom is 0.333 e. The Balaban J connectivity index is 2.35. The molecule has 1 saturated heterocycles. The summed E-state index contributed by atoms with van der Waals surface area (Å²) >= 11 is 0. The van der Waals surface area contributed by atoms with E-state index in [1.165, 1.54) is 0 Å². The largest absolute Gasteiger partial charge is 0.462 e. The maximum atomic E-state index is 11.4. The summed E-state index contributed by atoms with van der Waals surface area (Å²) in [6.07, 6.45) is 0.154. The molecule has 1 rings (SSSR count). The van der Waals surface area contributed by atoms with Gasteiger partial charge in [-0.3, -0.25) is 0 Å². The Morgan fingerprint density at radius 2 is 1.57 bits per heavy atom. The van der Waals surface area contributed by atoms with Crippen LogP contribution in [0, 0.1) is 5.92 Å². The van der Waals surface area contributed by atoms with Crippen LogP contribution in [0.5, 0.6) is 0 Å². The Kier molecular flexibility index (Phi) is 7.11. The molecule has 0 amide bonds. The second-order valence-corrected chi connectivity index (χ2v) is 5.12. The van der Waals surface area contributed by atoms with Crippen LogP contribution in [0.2, 0.25) is 0 Å². The molecule has 118 valence electrons. The zero-order valence-electron chi connectivity index (χ0n) is 12.6. The van der Waals surface area contributed by atoms with Crippen molar-refractivity contribution in [2.45, 2.75) is 20.0 Å². The molecule has 1 aliphatic heterocycles. The first-order chi connectivity index (χ1) is 9.90. The monoisotopic (exact) mass is 298 g/mol. The highest BCUT2D eigenvalue weighted by Gasteiger charge is 2.23. The minimum atomic E-state index is -0.475. The summed E-state index contributed by atoms with van der Waals surface area (Å²) in [5, 5.41) is 0. The lowest BCUT2D eigenvalue weighted by atomic mass is 10.2. The summed E-state index contributed by atoms with van der Waals surface area (Å²) in [5.41, 5.74) is 0.639. The summed E-state index contributed by atoms with van der Waals surface area (Å²) in [4.78, 5) is 22.8. The van der Waals surface area contributed by atoms with Crippen LogP contribution in [-0.2, 0) is 28.5 Å². The summed E-state index contributed by atoms with van der Waals surface area (Å²) in [7, 11) is 0. The lowest BCUT2D eigenvalue weighted by molar-refractivity contribution is -0.145. The lowest BCUT2D eigenvalue weighted by Gasteiger charge is -2.17. The molecule has 1 heterocycles. The van der Waals surface area contributed by atoms with Gasteiger partial charge in [0, 0.05) is 11.1 Å². The third-order valence-corrected chi connectivity index (χ3v) is 2.66. The number of hydrogen-bond donors (Lipinski definition) is 0. The Morgan fingerprint density at radius 1 is 1.10 bits per heavy atom. The van der Waals surface area contributed by atoms with Crippen LogP contribution in [0.3, 0.4) is 0 Å². The highest BCUT2D eigenvalue weighted by atomic mass is 16.6. The van der Waals surface area contributed by atoms with E-state index >= 15 is 0 Å². The average Bonchev–Trinajstić information content (AvgIpc) is 3.24. The highest BCUT2D eigenvalue weighted by molar-refractivity contribution is 5.87. The van der Waals surface area contributed by atoms with Gasteiger partial charge in [-0.25, -0.2) is 9.59 Å². The van der Waals surface area contributed by atoms with Crippen LogP contribution in [0.25, 0.3) is 0 Å². The van der Waals surface area contributed by atoms with E-state index in [0.717, 1.165) is 0 Å². The van der Waals surface area contributed by atoms with Gasteiger partial charge in [-0.05, 0) is 13.8 Å². The molecule has 0 aromatic carbocycles. The third-order valence-electron chi connectivity index (χ3n) is 2.66. The second kappa shape index (κ2) is 8.59. The molecular formula is C15H22O6. The van der Waals surface area contributed by atoms with Gasteiger partial charge in [0.05, 0.1) is 39.0 Å². The van der Waals surface area contributed by atoms with Crippen molar-refractivity contribution >= 4 is 11.9 Å². The molecule has 1 atom stereocenters. The van der Waals surface area contributed by atoms with Crippen molar-refractivity contribution in [1.29, 1.82) is 0 Å². The fourth-order valence-electron chi connectivity index (χ4n) is 1.31. The van der Waals surface area contributed by atoms with Crippen molar-refractivity contribution in [3.8, 4) is 0 Å². The fourth-order valence-corrected chi connectivity index (χ4v) is 1.31. The quantitative estimate of drug-likeness (QED) is 0.343. The molecule has 1 unspecified atom stereocenters. The van der Waals surface area contributed by atoms with E-state index in [0.29, 0.717) is 31.0 Å². The third kappa shape index (κ3) is 7.63. The molecule has 0 aromatic heterocycles. The number of hydrogen-bond acceptors (Lipinski definition) is 6. The minimum absolute atomic E-state index is 0.0979. The number of ether oxygens (including phenoxy) is 4. The average molecular weight is 298 g/mol. The molecule has 0 aromatic rings. The van der Waals surface area contributed by atoms with Gasteiger partial charge < -0.3 is 18.9 Å². The SMILES string of the molecule is C=C(C)C(=O)OCC(COCC1CO1)COC(=O)C(=C)C. The van der Waals surface area contributed by atoms with Gasteiger partial charge in [0.25, 0.3) is 0 Å². The van der Waals surface area contributed by atoms with Crippen molar-refractivity contribution in [1.82, 2.24) is 0 Å². The van der Waals surface area contributed by atoms with E-state index in [4.69, 9.17) is 18.9 Å². The van der Waals surface area contributed by atoms with Crippen LogP contribution in [-0.4, -0.2) is 51.1 Å². The van der Waals surface area contributed by atoms with Crippen molar-refractivity contribution in [2.75, 3.05) is 33.0 Å². The van der Waals surface area contributed by atoms with Gasteiger partial charge in [0.1, 0.15) is 6.10 Å². The molecule has 1 aliphatic rings. The Hall–Kier alpha value is -1.66. The van der Waals surface area contributed by atoms with Crippen LogP contribution < -0.4 is 0 Å². The molecule has 0 bridgehead atoms. The highest BCUT2D eigenvalue weighted by Crippen LogP contribution is 2.10. The first-order valence-corrected chi connectivity index (χ1v) is 6.74.